The highest BCUT2D eigenvalue weighted by molar-refractivity contribution is 5.80. The van der Waals surface area contributed by atoms with Crippen LogP contribution in [0.1, 0.15) is 41.0 Å². The summed E-state index contributed by atoms with van der Waals surface area (Å²) in [7, 11) is 0. The van der Waals surface area contributed by atoms with Crippen LogP contribution in [0.3, 0.4) is 0 Å². The molecule has 2 saturated heterocycles. The molecule has 2 aliphatic heterocycles. The van der Waals surface area contributed by atoms with E-state index in [4.69, 9.17) is 9.73 Å². The van der Waals surface area contributed by atoms with E-state index in [0.29, 0.717) is 18.1 Å². The van der Waals surface area contributed by atoms with E-state index in [-0.39, 0.29) is 0 Å². The first-order chi connectivity index (χ1) is 12.0. The number of rotatable bonds is 7. The zero-order chi connectivity index (χ0) is 18.2. The highest BCUT2D eigenvalue weighted by Gasteiger charge is 2.30. The molecule has 25 heavy (non-hydrogen) atoms. The number of nitrogens with one attached hydrogen (secondary N) is 1. The number of morpholine rings is 1. The Morgan fingerprint density at radius 1 is 1.16 bits per heavy atom. The van der Waals surface area contributed by atoms with E-state index >= 15 is 0 Å². The number of aliphatic imine (C=N–C) groups is 1. The van der Waals surface area contributed by atoms with Gasteiger partial charge in [-0.2, -0.15) is 0 Å². The van der Waals surface area contributed by atoms with Crippen LogP contribution in [0, 0.1) is 0 Å². The minimum absolute atomic E-state index is 0.565. The minimum atomic E-state index is 0.565. The first-order valence-corrected chi connectivity index (χ1v) is 10.1. The van der Waals surface area contributed by atoms with Gasteiger partial charge in [0.15, 0.2) is 5.96 Å². The van der Waals surface area contributed by atoms with E-state index in [9.17, 15) is 0 Å². The van der Waals surface area contributed by atoms with Gasteiger partial charge in [-0.3, -0.25) is 14.8 Å². The Kier molecular flexibility index (Phi) is 8.46. The third-order valence-electron chi connectivity index (χ3n) is 5.31. The molecule has 0 aliphatic carbocycles. The molecule has 0 aromatic carbocycles. The quantitative estimate of drug-likeness (QED) is 0.555. The molecule has 146 valence electrons. The van der Waals surface area contributed by atoms with Crippen molar-refractivity contribution >= 4 is 5.96 Å². The Morgan fingerprint density at radius 2 is 1.84 bits per heavy atom. The molecule has 2 rings (SSSR count). The summed E-state index contributed by atoms with van der Waals surface area (Å²) in [4.78, 5) is 12.5. The molecule has 1 atom stereocenters. The van der Waals surface area contributed by atoms with E-state index in [0.717, 1.165) is 65.0 Å². The summed E-state index contributed by atoms with van der Waals surface area (Å²) in [5.41, 5.74) is 0. The number of ether oxygens (including phenoxy) is 1. The number of guanidine groups is 1. The van der Waals surface area contributed by atoms with Gasteiger partial charge in [0.05, 0.1) is 19.8 Å². The van der Waals surface area contributed by atoms with Crippen LogP contribution in [0.25, 0.3) is 0 Å². The van der Waals surface area contributed by atoms with E-state index in [1.165, 1.54) is 6.42 Å². The summed E-state index contributed by atoms with van der Waals surface area (Å²) in [6.45, 7) is 20.1. The summed E-state index contributed by atoms with van der Waals surface area (Å²) in [6.07, 6.45) is 1.23. The maximum absolute atomic E-state index is 5.49. The van der Waals surface area contributed by atoms with Gasteiger partial charge in [0.2, 0.25) is 0 Å². The average molecular weight is 354 g/mol. The van der Waals surface area contributed by atoms with Gasteiger partial charge in [-0.1, -0.05) is 0 Å². The molecule has 0 radical (unpaired) electrons. The Bertz CT molecular complexity index is 399. The third-order valence-corrected chi connectivity index (χ3v) is 5.31. The van der Waals surface area contributed by atoms with Crippen LogP contribution in [0.4, 0.5) is 0 Å². The molecule has 0 spiro atoms. The molecule has 0 aromatic rings. The fourth-order valence-corrected chi connectivity index (χ4v) is 3.98. The van der Waals surface area contributed by atoms with Crippen LogP contribution < -0.4 is 5.32 Å². The van der Waals surface area contributed by atoms with Gasteiger partial charge in [-0.25, -0.2) is 0 Å². The molecule has 0 bridgehead atoms. The van der Waals surface area contributed by atoms with E-state index in [1.807, 2.05) is 0 Å². The molecule has 6 heteroatoms. The first kappa shape index (κ1) is 20.5. The van der Waals surface area contributed by atoms with Gasteiger partial charge >= 0.3 is 0 Å². The predicted octanol–water partition coefficient (Wildman–Crippen LogP) is 1.48. The lowest BCUT2D eigenvalue weighted by molar-refractivity contribution is 0.0195. The maximum atomic E-state index is 5.49. The smallest absolute Gasteiger partial charge is 0.194 e. The fraction of sp³-hybridized carbons (Fsp3) is 0.947. The van der Waals surface area contributed by atoms with Crippen molar-refractivity contribution in [3.05, 3.63) is 0 Å². The summed E-state index contributed by atoms with van der Waals surface area (Å²) in [5.74, 6) is 1.09. The lowest BCUT2D eigenvalue weighted by atomic mass is 10.2. The van der Waals surface area contributed by atoms with Gasteiger partial charge in [-0.15, -0.1) is 0 Å². The normalized spacial score (nSPS) is 23.3. The second-order valence-corrected chi connectivity index (χ2v) is 7.70. The second kappa shape index (κ2) is 10.3. The van der Waals surface area contributed by atoms with E-state index in [1.54, 1.807) is 0 Å². The molecule has 1 unspecified atom stereocenters. The van der Waals surface area contributed by atoms with Crippen LogP contribution in [-0.4, -0.2) is 97.8 Å². The zero-order valence-corrected chi connectivity index (χ0v) is 17.0. The van der Waals surface area contributed by atoms with Crippen LogP contribution in [0.15, 0.2) is 4.99 Å². The summed E-state index contributed by atoms with van der Waals surface area (Å²) in [5, 5.41) is 3.49. The zero-order valence-electron chi connectivity index (χ0n) is 17.0. The molecule has 0 saturated carbocycles. The molecular formula is C19H39N5O. The van der Waals surface area contributed by atoms with Gasteiger partial charge in [-0.05, 0) is 41.0 Å². The maximum Gasteiger partial charge on any atom is 0.194 e. The summed E-state index contributed by atoms with van der Waals surface area (Å²) >= 11 is 0. The highest BCUT2D eigenvalue weighted by atomic mass is 16.5. The number of likely N-dealkylation sites (tertiary alicyclic amines) is 1. The lowest BCUT2D eigenvalue weighted by Crippen LogP contribution is -2.47. The molecule has 6 nitrogen and oxygen atoms in total. The predicted molar refractivity (Wildman–Crippen MR) is 105 cm³/mol. The molecule has 2 fully saturated rings. The van der Waals surface area contributed by atoms with Gasteiger partial charge in [0.1, 0.15) is 0 Å². The van der Waals surface area contributed by atoms with Crippen molar-refractivity contribution in [2.24, 2.45) is 4.99 Å². The lowest BCUT2D eigenvalue weighted by Gasteiger charge is -2.32. The van der Waals surface area contributed by atoms with Gasteiger partial charge < -0.3 is 15.0 Å². The second-order valence-electron chi connectivity index (χ2n) is 7.70. The molecule has 2 heterocycles. The first-order valence-electron chi connectivity index (χ1n) is 10.1. The van der Waals surface area contributed by atoms with Gasteiger partial charge in [0.25, 0.3) is 0 Å². The van der Waals surface area contributed by atoms with Crippen LogP contribution in [0.5, 0.6) is 0 Å². The summed E-state index contributed by atoms with van der Waals surface area (Å²) < 4.78 is 5.49. The Morgan fingerprint density at radius 3 is 2.44 bits per heavy atom. The van der Waals surface area contributed by atoms with Crippen molar-refractivity contribution in [3.8, 4) is 0 Å². The SMILES string of the molecule is CCNC(=NCCN(C(C)C)C(C)C)N1CCC(N2CCOCC2)C1. The average Bonchev–Trinajstić information content (AvgIpc) is 3.07. The fourth-order valence-electron chi connectivity index (χ4n) is 3.98. The Hall–Kier alpha value is -0.850. The molecule has 1 N–H and O–H groups in total. The minimum Gasteiger partial charge on any atom is -0.379 e. The number of hydrogen-bond acceptors (Lipinski definition) is 4. The topological polar surface area (TPSA) is 43.3 Å². The van der Waals surface area contributed by atoms with Crippen molar-refractivity contribution in [2.75, 3.05) is 59.0 Å². The van der Waals surface area contributed by atoms with Crippen molar-refractivity contribution in [1.82, 2.24) is 20.0 Å². The standard InChI is InChI=1S/C19H39N5O/c1-6-20-19(21-8-10-24(16(2)3)17(4)5)23-9-7-18(15-23)22-11-13-25-14-12-22/h16-18H,6-15H2,1-5H3,(H,20,21). The number of nitrogens with zero attached hydrogens (tertiary/aromatic N) is 4. The summed E-state index contributed by atoms with van der Waals surface area (Å²) in [6, 6.07) is 1.78. The van der Waals surface area contributed by atoms with Crippen LogP contribution >= 0.6 is 0 Å². The van der Waals surface area contributed by atoms with Crippen LogP contribution in [0.2, 0.25) is 0 Å². The van der Waals surface area contributed by atoms with Crippen molar-refractivity contribution in [2.45, 2.75) is 59.2 Å². The van der Waals surface area contributed by atoms with Crippen molar-refractivity contribution < 1.29 is 4.74 Å². The Labute approximate surface area is 154 Å². The third kappa shape index (κ3) is 6.12. The largest absolute Gasteiger partial charge is 0.379 e. The highest BCUT2D eigenvalue weighted by Crippen LogP contribution is 2.17. The van der Waals surface area contributed by atoms with Crippen molar-refractivity contribution in [3.63, 3.8) is 0 Å². The molecule has 0 aromatic heterocycles. The molecule has 0 amide bonds. The Balaban J connectivity index is 1.88. The van der Waals surface area contributed by atoms with E-state index < -0.39 is 0 Å². The van der Waals surface area contributed by atoms with Gasteiger partial charge in [0, 0.05) is 57.4 Å². The van der Waals surface area contributed by atoms with E-state index in [2.05, 4.69) is 54.6 Å². The number of hydrogen-bond donors (Lipinski definition) is 1. The monoisotopic (exact) mass is 353 g/mol. The van der Waals surface area contributed by atoms with Crippen LogP contribution in [-0.2, 0) is 4.74 Å². The molecule has 2 aliphatic rings. The van der Waals surface area contributed by atoms with Crippen molar-refractivity contribution in [1.29, 1.82) is 0 Å². The molecular weight excluding hydrogens is 314 g/mol.